The average molecular weight is 427 g/mol. The van der Waals surface area contributed by atoms with Gasteiger partial charge in [-0.1, -0.05) is 24.6 Å². The average Bonchev–Trinajstić information content (AvgIpc) is 3.27. The van der Waals surface area contributed by atoms with Crippen molar-refractivity contribution in [1.29, 1.82) is 0 Å². The van der Waals surface area contributed by atoms with Crippen molar-refractivity contribution in [1.82, 2.24) is 9.80 Å². The minimum Gasteiger partial charge on any atom is -0.482 e. The van der Waals surface area contributed by atoms with E-state index in [1.54, 1.807) is 0 Å². The molecule has 0 bridgehead atoms. The monoisotopic (exact) mass is 426 g/mol. The minimum atomic E-state index is -0.0910. The van der Waals surface area contributed by atoms with Gasteiger partial charge >= 0.3 is 0 Å². The van der Waals surface area contributed by atoms with E-state index < -0.39 is 0 Å². The van der Waals surface area contributed by atoms with Gasteiger partial charge in [0.15, 0.2) is 11.5 Å². The summed E-state index contributed by atoms with van der Waals surface area (Å²) in [5, 5.41) is 0. The van der Waals surface area contributed by atoms with Gasteiger partial charge in [-0.2, -0.15) is 0 Å². The third kappa shape index (κ3) is 5.63. The Bertz CT molecular complexity index is 834. The number of nitrogens with zero attached hydrogens (tertiary/aromatic N) is 2. The molecule has 0 spiro atoms. The van der Waals surface area contributed by atoms with Crippen molar-refractivity contribution < 1.29 is 18.9 Å². The summed E-state index contributed by atoms with van der Waals surface area (Å²) in [7, 11) is 4.15. The van der Waals surface area contributed by atoms with Gasteiger partial charge in [0.05, 0.1) is 0 Å². The van der Waals surface area contributed by atoms with Crippen LogP contribution in [0.3, 0.4) is 0 Å². The van der Waals surface area contributed by atoms with Gasteiger partial charge in [-0.05, 0) is 63.7 Å². The molecule has 2 atom stereocenters. The van der Waals surface area contributed by atoms with E-state index in [1.165, 1.54) is 19.3 Å². The molecule has 1 fully saturated rings. The van der Waals surface area contributed by atoms with E-state index in [9.17, 15) is 0 Å². The smallest absolute Gasteiger partial charge is 0.231 e. The molecule has 2 aliphatic heterocycles. The molecule has 1 saturated heterocycles. The topological polar surface area (TPSA) is 43.4 Å². The van der Waals surface area contributed by atoms with Crippen LogP contribution in [0.4, 0.5) is 0 Å². The van der Waals surface area contributed by atoms with E-state index in [1.807, 2.05) is 18.2 Å². The van der Waals surface area contributed by atoms with Crippen molar-refractivity contribution in [2.75, 3.05) is 40.5 Å². The molecule has 2 aromatic rings. The summed E-state index contributed by atoms with van der Waals surface area (Å²) >= 11 is 0. The number of rotatable bonds is 9. The lowest BCUT2D eigenvalue weighted by molar-refractivity contribution is 0.0262. The molecule has 2 heterocycles. The minimum absolute atomic E-state index is 0.0910. The van der Waals surface area contributed by atoms with Gasteiger partial charge in [0.25, 0.3) is 0 Å². The lowest BCUT2D eigenvalue weighted by Gasteiger charge is -2.32. The molecule has 4 rings (SSSR count). The number of hydrogen-bond acceptors (Lipinski definition) is 6. The molecular weight excluding hydrogens is 392 g/mol. The first-order chi connectivity index (χ1) is 15.1. The standard InChI is InChI=1S/C25H34N2O4/c1-19(27-15-5-4-6-16-27)30-21-12-10-20(11-13-21)22(14-17-26(2)3)31-24-9-7-8-23-25(24)29-18-28-23/h7-13,19,22H,4-6,14-18H2,1-3H3. The fourth-order valence-electron chi connectivity index (χ4n) is 4.13. The lowest BCUT2D eigenvalue weighted by Crippen LogP contribution is -2.40. The van der Waals surface area contributed by atoms with Gasteiger partial charge in [-0.25, -0.2) is 0 Å². The van der Waals surface area contributed by atoms with Gasteiger partial charge in [-0.3, -0.25) is 4.90 Å². The van der Waals surface area contributed by atoms with E-state index in [4.69, 9.17) is 18.9 Å². The summed E-state index contributed by atoms with van der Waals surface area (Å²) in [6.45, 7) is 5.53. The molecule has 0 saturated carbocycles. The third-order valence-electron chi connectivity index (χ3n) is 5.93. The highest BCUT2D eigenvalue weighted by Crippen LogP contribution is 2.42. The van der Waals surface area contributed by atoms with Gasteiger partial charge in [0.2, 0.25) is 12.5 Å². The maximum atomic E-state index is 6.43. The molecule has 0 aliphatic carbocycles. The fraction of sp³-hybridized carbons (Fsp3) is 0.520. The maximum Gasteiger partial charge on any atom is 0.231 e. The number of benzene rings is 2. The zero-order valence-electron chi connectivity index (χ0n) is 18.9. The van der Waals surface area contributed by atoms with E-state index >= 15 is 0 Å². The number of fused-ring (bicyclic) bond motifs is 1. The Labute approximate surface area is 185 Å². The fourth-order valence-corrected chi connectivity index (χ4v) is 4.13. The van der Waals surface area contributed by atoms with Crippen LogP contribution in [-0.2, 0) is 0 Å². The van der Waals surface area contributed by atoms with Crippen LogP contribution in [0.1, 0.15) is 44.3 Å². The first kappa shape index (κ1) is 21.8. The van der Waals surface area contributed by atoms with Crippen LogP contribution in [0.5, 0.6) is 23.0 Å². The van der Waals surface area contributed by atoms with Crippen molar-refractivity contribution in [2.24, 2.45) is 0 Å². The summed E-state index contributed by atoms with van der Waals surface area (Å²) in [6.07, 6.45) is 4.71. The molecule has 6 heteroatoms. The van der Waals surface area contributed by atoms with Gasteiger partial charge in [0, 0.05) is 26.1 Å². The first-order valence-corrected chi connectivity index (χ1v) is 11.3. The summed E-state index contributed by atoms with van der Waals surface area (Å²) < 4.78 is 23.8. The Hall–Kier alpha value is -2.44. The van der Waals surface area contributed by atoms with Crippen LogP contribution in [0.25, 0.3) is 0 Å². The predicted molar refractivity (Wildman–Crippen MR) is 121 cm³/mol. The van der Waals surface area contributed by atoms with Crippen molar-refractivity contribution >= 4 is 0 Å². The highest BCUT2D eigenvalue weighted by Gasteiger charge is 2.23. The Kier molecular flexibility index (Phi) is 7.20. The van der Waals surface area contributed by atoms with Crippen molar-refractivity contribution in [3.8, 4) is 23.0 Å². The highest BCUT2D eigenvalue weighted by molar-refractivity contribution is 5.52. The van der Waals surface area contributed by atoms with Crippen molar-refractivity contribution in [3.63, 3.8) is 0 Å². The number of para-hydroxylation sites is 1. The predicted octanol–water partition coefficient (Wildman–Crippen LogP) is 4.70. The first-order valence-electron chi connectivity index (χ1n) is 11.3. The van der Waals surface area contributed by atoms with E-state index in [-0.39, 0.29) is 19.1 Å². The lowest BCUT2D eigenvalue weighted by atomic mass is 10.1. The largest absolute Gasteiger partial charge is 0.482 e. The highest BCUT2D eigenvalue weighted by atomic mass is 16.7. The van der Waals surface area contributed by atoms with Crippen LogP contribution in [0.15, 0.2) is 42.5 Å². The second-order valence-electron chi connectivity index (χ2n) is 8.57. The Morgan fingerprint density at radius 3 is 2.48 bits per heavy atom. The third-order valence-corrected chi connectivity index (χ3v) is 5.93. The molecule has 2 aliphatic rings. The molecular formula is C25H34N2O4. The second-order valence-corrected chi connectivity index (χ2v) is 8.57. The van der Waals surface area contributed by atoms with Crippen LogP contribution in [-0.4, -0.2) is 56.6 Å². The van der Waals surface area contributed by atoms with Crippen LogP contribution in [0, 0.1) is 0 Å². The zero-order valence-corrected chi connectivity index (χ0v) is 18.9. The number of piperidine rings is 1. The SMILES string of the molecule is CC(Oc1ccc(C(CCN(C)C)Oc2cccc3c2OCO3)cc1)N1CCCCC1. The number of hydrogen-bond donors (Lipinski definition) is 0. The molecule has 2 aromatic carbocycles. The number of likely N-dealkylation sites (tertiary alicyclic amines) is 1. The quantitative estimate of drug-likeness (QED) is 0.579. The molecule has 0 amide bonds. The van der Waals surface area contributed by atoms with Gasteiger partial charge in [0.1, 0.15) is 18.1 Å². The summed E-state index contributed by atoms with van der Waals surface area (Å²) in [6, 6.07) is 14.1. The van der Waals surface area contributed by atoms with Gasteiger partial charge < -0.3 is 23.8 Å². The second kappa shape index (κ2) is 10.2. The molecule has 0 aromatic heterocycles. The molecule has 31 heavy (non-hydrogen) atoms. The molecule has 2 unspecified atom stereocenters. The summed E-state index contributed by atoms with van der Waals surface area (Å²) in [4.78, 5) is 4.58. The Morgan fingerprint density at radius 1 is 0.968 bits per heavy atom. The Morgan fingerprint density at radius 2 is 1.74 bits per heavy atom. The van der Waals surface area contributed by atoms with E-state index in [0.29, 0.717) is 5.75 Å². The van der Waals surface area contributed by atoms with Crippen LogP contribution in [0.2, 0.25) is 0 Å². The molecule has 0 N–H and O–H groups in total. The maximum absolute atomic E-state index is 6.43. The zero-order chi connectivity index (χ0) is 21.6. The van der Waals surface area contributed by atoms with Crippen molar-refractivity contribution in [3.05, 3.63) is 48.0 Å². The summed E-state index contributed by atoms with van der Waals surface area (Å²) in [5.74, 6) is 3.04. The van der Waals surface area contributed by atoms with E-state index in [0.717, 1.165) is 48.9 Å². The molecule has 0 radical (unpaired) electrons. The molecule has 6 nitrogen and oxygen atoms in total. The van der Waals surface area contributed by atoms with Gasteiger partial charge in [-0.15, -0.1) is 0 Å². The van der Waals surface area contributed by atoms with E-state index in [2.05, 4.69) is 55.1 Å². The van der Waals surface area contributed by atoms with Crippen molar-refractivity contribution in [2.45, 2.75) is 44.9 Å². The van der Waals surface area contributed by atoms with Crippen LogP contribution < -0.4 is 18.9 Å². The van der Waals surface area contributed by atoms with Crippen LogP contribution >= 0.6 is 0 Å². The summed E-state index contributed by atoms with van der Waals surface area (Å²) in [5.41, 5.74) is 1.12. The Balaban J connectivity index is 1.45. The molecule has 168 valence electrons. The number of ether oxygens (including phenoxy) is 4. The normalized spacial score (nSPS) is 18.1.